The first-order valence-electron chi connectivity index (χ1n) is 9.80. The molecular formula is C24H21N3O4. The number of benzene rings is 2. The zero-order chi connectivity index (χ0) is 21.6. The largest absolute Gasteiger partial charge is 0.497 e. The molecule has 4 aromatic rings. The summed E-state index contributed by atoms with van der Waals surface area (Å²) >= 11 is 0. The Bertz CT molecular complexity index is 1200. The van der Waals surface area contributed by atoms with Crippen molar-refractivity contribution in [3.63, 3.8) is 0 Å². The van der Waals surface area contributed by atoms with Crippen LogP contribution in [0, 0.1) is 0 Å². The number of hydrogen-bond donors (Lipinski definition) is 2. The van der Waals surface area contributed by atoms with E-state index in [1.54, 1.807) is 31.6 Å². The summed E-state index contributed by atoms with van der Waals surface area (Å²) in [5, 5.41) is 0.683. The fourth-order valence-corrected chi connectivity index (χ4v) is 3.22. The van der Waals surface area contributed by atoms with E-state index in [0.29, 0.717) is 34.3 Å². The Labute approximate surface area is 179 Å². The van der Waals surface area contributed by atoms with E-state index in [1.807, 2.05) is 48.5 Å². The summed E-state index contributed by atoms with van der Waals surface area (Å²) < 4.78 is 10.5. The lowest BCUT2D eigenvalue weighted by Gasteiger charge is -2.11. The first-order chi connectivity index (χ1) is 15.1. The van der Waals surface area contributed by atoms with E-state index in [0.717, 1.165) is 11.3 Å². The molecule has 0 radical (unpaired) electrons. The van der Waals surface area contributed by atoms with Gasteiger partial charge in [-0.2, -0.15) is 0 Å². The minimum absolute atomic E-state index is 0.237. The molecule has 2 heterocycles. The van der Waals surface area contributed by atoms with Crippen molar-refractivity contribution in [2.45, 2.75) is 12.8 Å². The van der Waals surface area contributed by atoms with Gasteiger partial charge in [0.15, 0.2) is 5.76 Å². The van der Waals surface area contributed by atoms with Gasteiger partial charge in [0.1, 0.15) is 11.4 Å². The summed E-state index contributed by atoms with van der Waals surface area (Å²) in [7, 11) is 1.61. The highest BCUT2D eigenvalue weighted by Gasteiger charge is 2.15. The number of carbonyl (C=O) groups excluding carboxylic acids is 2. The smallest absolute Gasteiger partial charge is 0.270 e. The number of amides is 2. The zero-order valence-electron chi connectivity index (χ0n) is 16.9. The number of ether oxygens (including phenoxy) is 1. The Kier molecular flexibility index (Phi) is 5.93. The Balaban J connectivity index is 1.43. The monoisotopic (exact) mass is 415 g/mol. The lowest BCUT2D eigenvalue weighted by Crippen LogP contribution is -2.41. The second-order valence-corrected chi connectivity index (χ2v) is 6.90. The third kappa shape index (κ3) is 4.72. The summed E-state index contributed by atoms with van der Waals surface area (Å²) in [6.45, 7) is 0. The molecule has 0 atom stereocenters. The topological polar surface area (TPSA) is 93.5 Å². The third-order valence-corrected chi connectivity index (χ3v) is 4.85. The average Bonchev–Trinajstić information content (AvgIpc) is 3.36. The molecule has 0 saturated heterocycles. The van der Waals surface area contributed by atoms with Gasteiger partial charge in [-0.05, 0) is 48.4 Å². The second kappa shape index (κ2) is 9.13. The molecule has 0 unspecified atom stereocenters. The number of carbonyl (C=O) groups is 2. The number of nitrogens with zero attached hydrogens (tertiary/aromatic N) is 1. The average molecular weight is 415 g/mol. The first-order valence-corrected chi connectivity index (χ1v) is 9.80. The maximum Gasteiger partial charge on any atom is 0.270 e. The molecule has 4 rings (SSSR count). The number of aryl methyl sites for hydroxylation is 1. The van der Waals surface area contributed by atoms with Gasteiger partial charge in [-0.3, -0.25) is 20.4 Å². The van der Waals surface area contributed by atoms with E-state index in [4.69, 9.17) is 9.15 Å². The van der Waals surface area contributed by atoms with Gasteiger partial charge >= 0.3 is 0 Å². The molecule has 2 aromatic heterocycles. The van der Waals surface area contributed by atoms with E-state index >= 15 is 0 Å². The van der Waals surface area contributed by atoms with Crippen molar-refractivity contribution in [2.24, 2.45) is 0 Å². The Morgan fingerprint density at radius 1 is 1.00 bits per heavy atom. The van der Waals surface area contributed by atoms with Gasteiger partial charge in [-0.1, -0.05) is 30.3 Å². The molecule has 7 heteroatoms. The lowest BCUT2D eigenvalue weighted by atomic mass is 10.1. The summed E-state index contributed by atoms with van der Waals surface area (Å²) in [6, 6.07) is 20.0. The minimum atomic E-state index is -0.427. The molecule has 2 amide bonds. The molecule has 0 fully saturated rings. The van der Waals surface area contributed by atoms with Crippen LogP contribution in [0.1, 0.15) is 22.3 Å². The van der Waals surface area contributed by atoms with Crippen LogP contribution in [0.25, 0.3) is 22.4 Å². The van der Waals surface area contributed by atoms with Crippen molar-refractivity contribution in [2.75, 3.05) is 7.11 Å². The highest BCUT2D eigenvalue weighted by atomic mass is 16.5. The number of rotatable bonds is 6. The highest BCUT2D eigenvalue weighted by molar-refractivity contribution is 6.07. The Morgan fingerprint density at radius 3 is 2.55 bits per heavy atom. The van der Waals surface area contributed by atoms with E-state index in [1.165, 1.54) is 0 Å². The van der Waals surface area contributed by atoms with E-state index in [9.17, 15) is 9.59 Å². The number of methoxy groups -OCH3 is 1. The first kappa shape index (κ1) is 20.2. The van der Waals surface area contributed by atoms with Gasteiger partial charge in [-0.15, -0.1) is 0 Å². The highest BCUT2D eigenvalue weighted by Crippen LogP contribution is 2.25. The number of hydrazine groups is 1. The quantitative estimate of drug-likeness (QED) is 0.466. The predicted molar refractivity (Wildman–Crippen MR) is 116 cm³/mol. The normalized spacial score (nSPS) is 10.6. The van der Waals surface area contributed by atoms with Crippen LogP contribution in [0.2, 0.25) is 0 Å². The van der Waals surface area contributed by atoms with Crippen LogP contribution in [-0.2, 0) is 11.2 Å². The van der Waals surface area contributed by atoms with Crippen molar-refractivity contribution in [1.29, 1.82) is 0 Å². The zero-order valence-corrected chi connectivity index (χ0v) is 16.9. The summed E-state index contributed by atoms with van der Waals surface area (Å²) in [4.78, 5) is 29.6. The number of para-hydroxylation sites is 1. The molecule has 0 aliphatic carbocycles. The standard InChI is InChI=1S/C24H21N3O4/c1-30-17-11-8-16(9-12-17)10-13-23(28)26-27-24(29)19-15-21(22-7-4-14-31-22)25-20-6-3-2-5-18(19)20/h2-9,11-12,14-15H,10,13H2,1H3,(H,26,28)(H,27,29). The summed E-state index contributed by atoms with van der Waals surface area (Å²) in [5.41, 5.74) is 7.59. The minimum Gasteiger partial charge on any atom is -0.497 e. The molecule has 2 aromatic carbocycles. The fourth-order valence-electron chi connectivity index (χ4n) is 3.22. The van der Waals surface area contributed by atoms with Crippen LogP contribution < -0.4 is 15.6 Å². The van der Waals surface area contributed by atoms with Crippen LogP contribution in [0.4, 0.5) is 0 Å². The third-order valence-electron chi connectivity index (χ3n) is 4.85. The van der Waals surface area contributed by atoms with Gasteiger partial charge < -0.3 is 9.15 Å². The molecule has 0 saturated carbocycles. The van der Waals surface area contributed by atoms with Crippen molar-refractivity contribution >= 4 is 22.7 Å². The number of hydrogen-bond acceptors (Lipinski definition) is 5. The lowest BCUT2D eigenvalue weighted by molar-refractivity contribution is -0.121. The number of aromatic nitrogens is 1. The maximum atomic E-state index is 12.8. The van der Waals surface area contributed by atoms with Crippen molar-refractivity contribution in [3.8, 4) is 17.2 Å². The van der Waals surface area contributed by atoms with Gasteiger partial charge in [0.25, 0.3) is 5.91 Å². The summed E-state index contributed by atoms with van der Waals surface area (Å²) in [5.74, 6) is 0.611. The van der Waals surface area contributed by atoms with Crippen molar-refractivity contribution in [1.82, 2.24) is 15.8 Å². The van der Waals surface area contributed by atoms with Gasteiger partial charge in [0.2, 0.25) is 5.91 Å². The van der Waals surface area contributed by atoms with Gasteiger partial charge in [0, 0.05) is 11.8 Å². The number of pyridine rings is 1. The SMILES string of the molecule is COc1ccc(CCC(=O)NNC(=O)c2cc(-c3ccco3)nc3ccccc23)cc1. The molecule has 0 bridgehead atoms. The van der Waals surface area contributed by atoms with Crippen LogP contribution in [0.3, 0.4) is 0 Å². The second-order valence-electron chi connectivity index (χ2n) is 6.90. The molecule has 156 valence electrons. The molecule has 0 spiro atoms. The molecular weight excluding hydrogens is 394 g/mol. The van der Waals surface area contributed by atoms with Gasteiger partial charge in [0.05, 0.1) is 24.5 Å². The van der Waals surface area contributed by atoms with Crippen molar-refractivity contribution < 1.29 is 18.7 Å². The van der Waals surface area contributed by atoms with Crippen LogP contribution in [-0.4, -0.2) is 23.9 Å². The number of furan rings is 1. The fraction of sp³-hybridized carbons (Fsp3) is 0.125. The van der Waals surface area contributed by atoms with Crippen LogP contribution in [0.15, 0.2) is 77.4 Å². The van der Waals surface area contributed by atoms with Crippen molar-refractivity contribution in [3.05, 3.63) is 84.1 Å². The van der Waals surface area contributed by atoms with Gasteiger partial charge in [-0.25, -0.2) is 4.98 Å². The molecule has 2 N–H and O–H groups in total. The van der Waals surface area contributed by atoms with E-state index in [-0.39, 0.29) is 12.3 Å². The van der Waals surface area contributed by atoms with E-state index < -0.39 is 5.91 Å². The van der Waals surface area contributed by atoms with E-state index in [2.05, 4.69) is 15.8 Å². The van der Waals surface area contributed by atoms with Crippen LogP contribution >= 0.6 is 0 Å². The Morgan fingerprint density at radius 2 is 1.81 bits per heavy atom. The number of fused-ring (bicyclic) bond motifs is 1. The molecule has 0 aliphatic rings. The molecule has 0 aliphatic heterocycles. The predicted octanol–water partition coefficient (Wildman–Crippen LogP) is 3.90. The van der Waals surface area contributed by atoms with Crippen LogP contribution in [0.5, 0.6) is 5.75 Å². The number of nitrogens with one attached hydrogen (secondary N) is 2. The molecule has 7 nitrogen and oxygen atoms in total. The molecule has 31 heavy (non-hydrogen) atoms. The Hall–Kier alpha value is -4.13. The maximum absolute atomic E-state index is 12.8. The summed E-state index contributed by atoms with van der Waals surface area (Å²) in [6.07, 6.45) is 2.34.